The Morgan fingerprint density at radius 1 is 1.00 bits per heavy atom. The topological polar surface area (TPSA) is 103 Å². The maximum absolute atomic E-state index is 12.6. The Morgan fingerprint density at radius 2 is 1.83 bits per heavy atom. The van der Waals surface area contributed by atoms with E-state index in [9.17, 15) is 4.79 Å². The third-order valence-electron chi connectivity index (χ3n) is 5.64. The first-order valence-corrected chi connectivity index (χ1v) is 11.2. The van der Waals surface area contributed by atoms with Crippen molar-refractivity contribution in [3.05, 3.63) is 96.7 Å². The van der Waals surface area contributed by atoms with E-state index in [1.165, 1.54) is 0 Å². The molecule has 2 N–H and O–H groups in total. The van der Waals surface area contributed by atoms with Gasteiger partial charge in [0.2, 0.25) is 0 Å². The second kappa shape index (κ2) is 10.1. The fraction of sp³-hybridized carbons (Fsp3) is 0.111. The molecule has 0 atom stereocenters. The van der Waals surface area contributed by atoms with Crippen molar-refractivity contribution in [2.45, 2.75) is 6.54 Å². The van der Waals surface area contributed by atoms with E-state index in [2.05, 4.69) is 20.6 Å². The number of amides is 1. The van der Waals surface area contributed by atoms with Gasteiger partial charge in [-0.2, -0.15) is 0 Å². The number of carbonyl (C=O) groups is 1. The van der Waals surface area contributed by atoms with E-state index in [1.54, 1.807) is 44.9 Å². The van der Waals surface area contributed by atoms with E-state index in [-0.39, 0.29) is 5.91 Å². The fourth-order valence-corrected chi connectivity index (χ4v) is 3.78. The molecule has 9 heteroatoms. The van der Waals surface area contributed by atoms with Crippen molar-refractivity contribution in [1.82, 2.24) is 24.7 Å². The zero-order valence-electron chi connectivity index (χ0n) is 19.8. The average Bonchev–Trinajstić information content (AvgIpc) is 3.41. The fourth-order valence-electron chi connectivity index (χ4n) is 3.78. The van der Waals surface area contributed by atoms with Crippen LogP contribution in [0.2, 0.25) is 0 Å². The second-order valence-corrected chi connectivity index (χ2v) is 7.95. The Balaban J connectivity index is 1.38. The van der Waals surface area contributed by atoms with E-state index in [0.717, 1.165) is 22.5 Å². The summed E-state index contributed by atoms with van der Waals surface area (Å²) >= 11 is 0. The van der Waals surface area contributed by atoms with E-state index < -0.39 is 0 Å². The second-order valence-electron chi connectivity index (χ2n) is 7.95. The van der Waals surface area contributed by atoms with Gasteiger partial charge in [0, 0.05) is 60.4 Å². The molecule has 0 fully saturated rings. The minimum absolute atomic E-state index is 0.153. The number of anilines is 2. The summed E-state index contributed by atoms with van der Waals surface area (Å²) in [7, 11) is 3.19. The van der Waals surface area contributed by atoms with Gasteiger partial charge in [0.15, 0.2) is 23.0 Å². The summed E-state index contributed by atoms with van der Waals surface area (Å²) in [6.07, 6.45) is 8.92. The molecule has 36 heavy (non-hydrogen) atoms. The summed E-state index contributed by atoms with van der Waals surface area (Å²) < 4.78 is 12.6. The number of carbonyl (C=O) groups excluding carboxylic acids is 1. The summed E-state index contributed by atoms with van der Waals surface area (Å²) in [5.74, 6) is 1.68. The minimum Gasteiger partial charge on any atom is -0.493 e. The number of aromatic nitrogens is 4. The molecule has 2 aromatic carbocycles. The Kier molecular flexibility index (Phi) is 6.44. The molecule has 5 aromatic rings. The van der Waals surface area contributed by atoms with Gasteiger partial charge >= 0.3 is 0 Å². The van der Waals surface area contributed by atoms with Crippen LogP contribution in [0.3, 0.4) is 0 Å². The highest BCUT2D eigenvalue weighted by Gasteiger charge is 2.12. The van der Waals surface area contributed by atoms with E-state index in [4.69, 9.17) is 14.5 Å². The molecule has 5 rings (SSSR count). The summed E-state index contributed by atoms with van der Waals surface area (Å²) in [5.41, 5.74) is 4.56. The van der Waals surface area contributed by atoms with E-state index in [1.807, 2.05) is 59.3 Å². The van der Waals surface area contributed by atoms with Gasteiger partial charge in [-0.25, -0.2) is 9.97 Å². The monoisotopic (exact) mass is 480 g/mol. The van der Waals surface area contributed by atoms with Gasteiger partial charge in [0.1, 0.15) is 0 Å². The molecule has 0 unspecified atom stereocenters. The van der Waals surface area contributed by atoms with Gasteiger partial charge in [0.05, 0.1) is 19.9 Å². The molecule has 0 radical (unpaired) electrons. The van der Waals surface area contributed by atoms with Crippen LogP contribution in [0.5, 0.6) is 11.5 Å². The van der Waals surface area contributed by atoms with E-state index in [0.29, 0.717) is 35.1 Å². The molecule has 3 aromatic heterocycles. The lowest BCUT2D eigenvalue weighted by Crippen LogP contribution is -2.22. The number of hydrogen-bond acceptors (Lipinski definition) is 7. The third-order valence-corrected chi connectivity index (χ3v) is 5.64. The number of fused-ring (bicyclic) bond motifs is 1. The van der Waals surface area contributed by atoms with Crippen LogP contribution in [0.1, 0.15) is 15.9 Å². The van der Waals surface area contributed by atoms with Crippen molar-refractivity contribution in [3.8, 4) is 22.8 Å². The van der Waals surface area contributed by atoms with Crippen LogP contribution in [-0.4, -0.2) is 39.5 Å². The van der Waals surface area contributed by atoms with Crippen molar-refractivity contribution in [3.63, 3.8) is 0 Å². The third kappa shape index (κ3) is 4.80. The highest BCUT2D eigenvalue weighted by Crippen LogP contribution is 2.32. The number of nitrogens with one attached hydrogen (secondary N) is 2. The van der Waals surface area contributed by atoms with Crippen LogP contribution in [0.25, 0.3) is 16.9 Å². The van der Waals surface area contributed by atoms with Crippen LogP contribution in [0.4, 0.5) is 11.5 Å². The number of imidazole rings is 1. The average molecular weight is 481 g/mol. The number of methoxy groups -OCH3 is 2. The first-order chi connectivity index (χ1) is 17.6. The van der Waals surface area contributed by atoms with Gasteiger partial charge < -0.3 is 24.5 Å². The molecular formula is C27H24N6O3. The largest absolute Gasteiger partial charge is 0.493 e. The minimum atomic E-state index is -0.153. The Labute approximate surface area is 207 Å². The quantitative estimate of drug-likeness (QED) is 0.338. The first kappa shape index (κ1) is 22.9. The standard InChI is InChI=1S/C27H24N6O3/c1-35-23-10-9-21(14-24(23)36-2)31-25-26-29-12-13-33(26)17-22(32-25)19-5-7-20(8-6-19)27(34)30-16-18-4-3-11-28-15-18/h3-15,17H,16H2,1-2H3,(H,30,34)(H,31,32). The van der Waals surface area contributed by atoms with Crippen LogP contribution in [0.15, 0.2) is 85.6 Å². The molecule has 3 heterocycles. The summed E-state index contributed by atoms with van der Waals surface area (Å²) in [4.78, 5) is 25.9. The normalized spacial score (nSPS) is 10.7. The number of hydrogen-bond donors (Lipinski definition) is 2. The van der Waals surface area contributed by atoms with Gasteiger partial charge in [-0.1, -0.05) is 18.2 Å². The maximum Gasteiger partial charge on any atom is 0.251 e. The smallest absolute Gasteiger partial charge is 0.251 e. The van der Waals surface area contributed by atoms with Gasteiger partial charge in [-0.15, -0.1) is 0 Å². The molecule has 0 bridgehead atoms. The van der Waals surface area contributed by atoms with Crippen LogP contribution >= 0.6 is 0 Å². The lowest BCUT2D eigenvalue weighted by molar-refractivity contribution is 0.0951. The number of benzene rings is 2. The zero-order chi connectivity index (χ0) is 24.9. The molecule has 0 aliphatic carbocycles. The Bertz CT molecular complexity index is 1500. The molecular weight excluding hydrogens is 456 g/mol. The molecule has 1 amide bonds. The van der Waals surface area contributed by atoms with Crippen molar-refractivity contribution >= 4 is 23.1 Å². The lowest BCUT2D eigenvalue weighted by atomic mass is 10.1. The number of ether oxygens (including phenoxy) is 2. The van der Waals surface area contributed by atoms with Crippen molar-refractivity contribution in [1.29, 1.82) is 0 Å². The van der Waals surface area contributed by atoms with Crippen molar-refractivity contribution in [2.24, 2.45) is 0 Å². The number of pyridine rings is 1. The SMILES string of the molecule is COc1ccc(Nc2nc(-c3ccc(C(=O)NCc4cccnc4)cc3)cn3ccnc23)cc1OC. The van der Waals surface area contributed by atoms with Crippen LogP contribution in [-0.2, 0) is 6.54 Å². The molecule has 0 aliphatic heterocycles. The predicted molar refractivity (Wildman–Crippen MR) is 137 cm³/mol. The van der Waals surface area contributed by atoms with Crippen molar-refractivity contribution in [2.75, 3.05) is 19.5 Å². The van der Waals surface area contributed by atoms with Crippen LogP contribution in [0, 0.1) is 0 Å². The van der Waals surface area contributed by atoms with Gasteiger partial charge in [-0.05, 0) is 35.9 Å². The molecule has 0 saturated carbocycles. The van der Waals surface area contributed by atoms with Gasteiger partial charge in [0.25, 0.3) is 5.91 Å². The highest BCUT2D eigenvalue weighted by molar-refractivity contribution is 5.94. The van der Waals surface area contributed by atoms with Crippen LogP contribution < -0.4 is 20.1 Å². The maximum atomic E-state index is 12.6. The molecule has 9 nitrogen and oxygen atoms in total. The number of nitrogens with zero attached hydrogens (tertiary/aromatic N) is 4. The molecule has 0 spiro atoms. The summed E-state index contributed by atoms with van der Waals surface area (Å²) in [6, 6.07) is 16.6. The van der Waals surface area contributed by atoms with E-state index >= 15 is 0 Å². The highest BCUT2D eigenvalue weighted by atomic mass is 16.5. The molecule has 0 saturated heterocycles. The Hall–Kier alpha value is -4.92. The zero-order valence-corrected chi connectivity index (χ0v) is 19.8. The summed E-state index contributed by atoms with van der Waals surface area (Å²) in [5, 5.41) is 6.24. The molecule has 0 aliphatic rings. The predicted octanol–water partition coefficient (Wildman–Crippen LogP) is 4.48. The molecule has 180 valence electrons. The van der Waals surface area contributed by atoms with Gasteiger partial charge in [-0.3, -0.25) is 9.78 Å². The lowest BCUT2D eigenvalue weighted by Gasteiger charge is -2.13. The summed E-state index contributed by atoms with van der Waals surface area (Å²) in [6.45, 7) is 0.415. The Morgan fingerprint density at radius 3 is 2.58 bits per heavy atom. The van der Waals surface area contributed by atoms with Crippen molar-refractivity contribution < 1.29 is 14.3 Å². The first-order valence-electron chi connectivity index (χ1n) is 11.2. The number of rotatable bonds is 8.